The molecule has 0 radical (unpaired) electrons. The average Bonchev–Trinajstić information content (AvgIpc) is 2.75. The summed E-state index contributed by atoms with van der Waals surface area (Å²) < 4.78 is 10.5. The molecule has 90 valence electrons. The van der Waals surface area contributed by atoms with Gasteiger partial charge in [-0.15, -0.1) is 0 Å². The van der Waals surface area contributed by atoms with Crippen molar-refractivity contribution in [2.45, 2.75) is 6.92 Å². The number of aromatic amines is 1. The maximum Gasteiger partial charge on any atom is 0.304 e. The van der Waals surface area contributed by atoms with Gasteiger partial charge in [0.2, 0.25) is 0 Å². The Balaban J connectivity index is 2.58. The van der Waals surface area contributed by atoms with Gasteiger partial charge in [0.05, 0.1) is 19.9 Å². The fraction of sp³-hybridized carbons (Fsp3) is 0.250. The normalized spacial score (nSPS) is 10.3. The van der Waals surface area contributed by atoms with E-state index < -0.39 is 0 Å². The number of aromatic nitrogens is 1. The van der Waals surface area contributed by atoms with Crippen LogP contribution < -0.4 is 14.3 Å². The number of ether oxygens (including phenoxy) is 2. The lowest BCUT2D eigenvalue weighted by Gasteiger charge is -2.11. The summed E-state index contributed by atoms with van der Waals surface area (Å²) in [6, 6.07) is 3.76. The first kappa shape index (κ1) is 11.7. The van der Waals surface area contributed by atoms with Crippen LogP contribution in [-0.4, -0.2) is 19.2 Å². The van der Waals surface area contributed by atoms with E-state index in [1.54, 1.807) is 19.6 Å². The standard InChI is InChI=1S/C12H13NO3S/c1-7-4-10(15-2)11(16-3)5-8(7)9-6-17-12(14)13-9/h4-6H,1-3H3,(H,13,14). The van der Waals surface area contributed by atoms with Gasteiger partial charge in [0, 0.05) is 10.9 Å². The van der Waals surface area contributed by atoms with Crippen LogP contribution in [0.25, 0.3) is 11.3 Å². The Bertz CT molecular complexity index is 586. The molecule has 0 spiro atoms. The molecule has 1 heterocycles. The minimum atomic E-state index is -0.0609. The molecule has 0 aliphatic heterocycles. The fourth-order valence-corrected chi connectivity index (χ4v) is 2.26. The zero-order valence-corrected chi connectivity index (χ0v) is 10.7. The van der Waals surface area contributed by atoms with Crippen LogP contribution in [0.4, 0.5) is 0 Å². The molecular formula is C12H13NO3S. The fourth-order valence-electron chi connectivity index (χ4n) is 1.68. The third-order valence-corrected chi connectivity index (χ3v) is 3.21. The van der Waals surface area contributed by atoms with Crippen LogP contribution >= 0.6 is 11.3 Å². The van der Waals surface area contributed by atoms with Gasteiger partial charge in [-0.25, -0.2) is 0 Å². The third kappa shape index (κ3) is 2.19. The molecule has 0 unspecified atom stereocenters. The summed E-state index contributed by atoms with van der Waals surface area (Å²) in [5.74, 6) is 1.34. The van der Waals surface area contributed by atoms with E-state index in [-0.39, 0.29) is 4.87 Å². The van der Waals surface area contributed by atoms with Crippen molar-refractivity contribution in [1.82, 2.24) is 4.98 Å². The predicted octanol–water partition coefficient (Wildman–Crippen LogP) is 2.43. The van der Waals surface area contributed by atoms with Crippen molar-refractivity contribution in [3.8, 4) is 22.8 Å². The minimum absolute atomic E-state index is 0.0609. The van der Waals surface area contributed by atoms with Crippen LogP contribution in [0.2, 0.25) is 0 Å². The van der Waals surface area contributed by atoms with Crippen LogP contribution in [0.15, 0.2) is 22.3 Å². The first-order valence-corrected chi connectivity index (χ1v) is 5.94. The van der Waals surface area contributed by atoms with Crippen LogP contribution in [-0.2, 0) is 0 Å². The first-order valence-electron chi connectivity index (χ1n) is 5.06. The Morgan fingerprint density at radius 3 is 2.35 bits per heavy atom. The number of rotatable bonds is 3. The number of nitrogens with one attached hydrogen (secondary N) is 1. The number of hydrogen-bond acceptors (Lipinski definition) is 4. The maximum atomic E-state index is 11.2. The Morgan fingerprint density at radius 2 is 1.82 bits per heavy atom. The molecule has 0 amide bonds. The van der Waals surface area contributed by atoms with E-state index >= 15 is 0 Å². The van der Waals surface area contributed by atoms with Crippen LogP contribution in [0, 0.1) is 6.92 Å². The van der Waals surface area contributed by atoms with E-state index in [1.807, 2.05) is 19.1 Å². The Morgan fingerprint density at radius 1 is 1.18 bits per heavy atom. The van der Waals surface area contributed by atoms with E-state index in [4.69, 9.17) is 9.47 Å². The SMILES string of the molecule is COc1cc(C)c(-c2csc(=O)[nH]2)cc1OC. The second kappa shape index (κ2) is 4.63. The molecule has 2 aromatic rings. The highest BCUT2D eigenvalue weighted by Gasteiger charge is 2.11. The highest BCUT2D eigenvalue weighted by atomic mass is 32.1. The largest absolute Gasteiger partial charge is 0.493 e. The number of aryl methyl sites for hydroxylation is 1. The molecule has 2 rings (SSSR count). The summed E-state index contributed by atoms with van der Waals surface area (Å²) in [4.78, 5) is 13.9. The molecular weight excluding hydrogens is 238 g/mol. The third-order valence-electron chi connectivity index (χ3n) is 2.54. The Labute approximate surface area is 103 Å². The van der Waals surface area contributed by atoms with Crippen LogP contribution in [0.5, 0.6) is 11.5 Å². The van der Waals surface area contributed by atoms with Gasteiger partial charge in [-0.1, -0.05) is 11.3 Å². The van der Waals surface area contributed by atoms with Gasteiger partial charge in [0.15, 0.2) is 11.5 Å². The van der Waals surface area contributed by atoms with Gasteiger partial charge >= 0.3 is 4.87 Å². The number of benzene rings is 1. The number of thiazole rings is 1. The number of methoxy groups -OCH3 is 2. The van der Waals surface area contributed by atoms with E-state index in [1.165, 1.54) is 0 Å². The lowest BCUT2D eigenvalue weighted by Crippen LogP contribution is -1.96. The van der Waals surface area contributed by atoms with Crippen molar-refractivity contribution >= 4 is 11.3 Å². The second-order valence-electron chi connectivity index (χ2n) is 3.58. The highest BCUT2D eigenvalue weighted by Crippen LogP contribution is 2.34. The topological polar surface area (TPSA) is 51.3 Å². The van der Waals surface area contributed by atoms with E-state index in [9.17, 15) is 4.79 Å². The molecule has 4 nitrogen and oxygen atoms in total. The molecule has 0 aliphatic carbocycles. The molecule has 1 aromatic heterocycles. The highest BCUT2D eigenvalue weighted by molar-refractivity contribution is 7.07. The van der Waals surface area contributed by atoms with Crippen molar-refractivity contribution in [2.75, 3.05) is 14.2 Å². The predicted molar refractivity (Wildman–Crippen MR) is 68.2 cm³/mol. The molecule has 0 saturated carbocycles. The number of hydrogen-bond donors (Lipinski definition) is 1. The lowest BCUT2D eigenvalue weighted by molar-refractivity contribution is 0.355. The molecule has 1 aromatic carbocycles. The summed E-state index contributed by atoms with van der Waals surface area (Å²) in [5.41, 5.74) is 2.77. The smallest absolute Gasteiger partial charge is 0.304 e. The van der Waals surface area contributed by atoms with Crippen molar-refractivity contribution in [2.24, 2.45) is 0 Å². The van der Waals surface area contributed by atoms with Crippen molar-refractivity contribution in [3.05, 3.63) is 32.7 Å². The van der Waals surface area contributed by atoms with E-state index in [2.05, 4.69) is 4.98 Å². The summed E-state index contributed by atoms with van der Waals surface area (Å²) in [5, 5.41) is 1.80. The molecule has 0 aliphatic rings. The minimum Gasteiger partial charge on any atom is -0.493 e. The van der Waals surface area contributed by atoms with Gasteiger partial charge in [0.25, 0.3) is 0 Å². The quantitative estimate of drug-likeness (QED) is 0.911. The summed E-state index contributed by atoms with van der Waals surface area (Å²) >= 11 is 1.15. The van der Waals surface area contributed by atoms with Gasteiger partial charge in [-0.2, -0.15) is 0 Å². The molecule has 1 N–H and O–H groups in total. The monoisotopic (exact) mass is 251 g/mol. The van der Waals surface area contributed by atoms with Gasteiger partial charge in [0.1, 0.15) is 0 Å². The summed E-state index contributed by atoms with van der Waals surface area (Å²) in [7, 11) is 3.19. The van der Waals surface area contributed by atoms with Gasteiger partial charge in [-0.05, 0) is 24.6 Å². The zero-order chi connectivity index (χ0) is 12.4. The Hall–Kier alpha value is -1.75. The molecule has 0 atom stereocenters. The van der Waals surface area contributed by atoms with Gasteiger partial charge < -0.3 is 14.5 Å². The van der Waals surface area contributed by atoms with Crippen molar-refractivity contribution in [3.63, 3.8) is 0 Å². The molecule has 0 fully saturated rings. The van der Waals surface area contributed by atoms with Gasteiger partial charge in [-0.3, -0.25) is 4.79 Å². The lowest BCUT2D eigenvalue weighted by atomic mass is 10.1. The zero-order valence-electron chi connectivity index (χ0n) is 9.87. The second-order valence-corrected chi connectivity index (χ2v) is 4.43. The molecule has 5 heteroatoms. The van der Waals surface area contributed by atoms with Crippen LogP contribution in [0.1, 0.15) is 5.56 Å². The Kier molecular flexibility index (Phi) is 3.19. The van der Waals surface area contributed by atoms with E-state index in [0.717, 1.165) is 28.2 Å². The van der Waals surface area contributed by atoms with Crippen molar-refractivity contribution in [1.29, 1.82) is 0 Å². The van der Waals surface area contributed by atoms with Crippen LogP contribution in [0.3, 0.4) is 0 Å². The van der Waals surface area contributed by atoms with E-state index in [0.29, 0.717) is 11.5 Å². The first-order chi connectivity index (χ1) is 8.15. The summed E-state index contributed by atoms with van der Waals surface area (Å²) in [6.45, 7) is 1.97. The number of H-pyrrole nitrogens is 1. The maximum absolute atomic E-state index is 11.2. The molecule has 0 bridgehead atoms. The summed E-state index contributed by atoms with van der Waals surface area (Å²) in [6.07, 6.45) is 0. The molecule has 0 saturated heterocycles. The average molecular weight is 251 g/mol. The van der Waals surface area contributed by atoms with Crippen molar-refractivity contribution < 1.29 is 9.47 Å². The molecule has 17 heavy (non-hydrogen) atoms.